The molecule has 2 atom stereocenters. The summed E-state index contributed by atoms with van der Waals surface area (Å²) in [5, 5.41) is 3.01. The summed E-state index contributed by atoms with van der Waals surface area (Å²) >= 11 is 0. The van der Waals surface area contributed by atoms with Gasteiger partial charge >= 0.3 is 0 Å². The fourth-order valence-electron chi connectivity index (χ4n) is 4.30. The molecule has 1 N–H and O–H groups in total. The van der Waals surface area contributed by atoms with Gasteiger partial charge in [-0.25, -0.2) is 13.2 Å². The van der Waals surface area contributed by atoms with Crippen LogP contribution >= 0.6 is 0 Å². The molecule has 1 saturated carbocycles. The van der Waals surface area contributed by atoms with Crippen LogP contribution in [0.4, 0.5) is 13.2 Å². The third-order valence-corrected chi connectivity index (χ3v) is 6.00. The Hall–Kier alpha value is -3.41. The average Bonchev–Trinajstić information content (AvgIpc) is 2.79. The molecule has 6 heteroatoms. The highest BCUT2D eigenvalue weighted by Gasteiger charge is 2.36. The zero-order valence-electron chi connectivity index (χ0n) is 17.2. The van der Waals surface area contributed by atoms with Crippen LogP contribution < -0.4 is 5.32 Å². The number of carbonyl (C=O) groups is 2. The first-order valence-corrected chi connectivity index (χ1v) is 10.5. The number of benzene rings is 3. The van der Waals surface area contributed by atoms with Gasteiger partial charge in [-0.1, -0.05) is 36.4 Å². The van der Waals surface area contributed by atoms with Gasteiger partial charge < -0.3 is 5.32 Å². The predicted molar refractivity (Wildman–Crippen MR) is 114 cm³/mol. The van der Waals surface area contributed by atoms with Gasteiger partial charge in [-0.05, 0) is 59.5 Å². The van der Waals surface area contributed by atoms with Crippen molar-refractivity contribution in [3.63, 3.8) is 0 Å². The van der Waals surface area contributed by atoms with Crippen LogP contribution in [0.1, 0.15) is 47.9 Å². The molecular weight excluding hydrogens is 415 g/mol. The summed E-state index contributed by atoms with van der Waals surface area (Å²) in [4.78, 5) is 25.5. The fourth-order valence-corrected chi connectivity index (χ4v) is 4.30. The first-order valence-electron chi connectivity index (χ1n) is 10.5. The van der Waals surface area contributed by atoms with Crippen molar-refractivity contribution >= 4 is 11.7 Å². The third-order valence-electron chi connectivity index (χ3n) is 6.00. The van der Waals surface area contributed by atoms with E-state index < -0.39 is 23.6 Å². The second-order valence-corrected chi connectivity index (χ2v) is 8.09. The van der Waals surface area contributed by atoms with E-state index in [-0.39, 0.29) is 29.8 Å². The van der Waals surface area contributed by atoms with E-state index in [2.05, 4.69) is 5.32 Å². The van der Waals surface area contributed by atoms with Crippen LogP contribution in [-0.4, -0.2) is 11.7 Å². The molecule has 1 aliphatic carbocycles. The Balaban J connectivity index is 1.63. The molecule has 0 bridgehead atoms. The summed E-state index contributed by atoms with van der Waals surface area (Å²) in [6.07, 6.45) is 0.890. The van der Waals surface area contributed by atoms with E-state index in [4.69, 9.17) is 0 Å². The number of hydrogen-bond donors (Lipinski definition) is 1. The van der Waals surface area contributed by atoms with Crippen LogP contribution in [0.5, 0.6) is 0 Å². The topological polar surface area (TPSA) is 46.2 Å². The Morgan fingerprint density at radius 3 is 1.75 bits per heavy atom. The SMILES string of the molecule is O=C1CCC(C(=O)NC(c2ccc(F)cc2)c2ccc(F)cc2)C(c2ccc(F)cc2)C1. The minimum Gasteiger partial charge on any atom is -0.345 e. The van der Waals surface area contributed by atoms with Crippen molar-refractivity contribution in [2.24, 2.45) is 5.92 Å². The molecule has 2 unspecified atom stereocenters. The van der Waals surface area contributed by atoms with Crippen molar-refractivity contribution in [2.75, 3.05) is 0 Å². The minimum absolute atomic E-state index is 0.0667. The number of carbonyl (C=O) groups excluding carboxylic acids is 2. The molecule has 164 valence electrons. The number of Topliss-reactive ketones (excluding diaryl/α,β-unsaturated/α-hetero) is 1. The minimum atomic E-state index is -0.616. The number of ketones is 1. The molecule has 3 nitrogen and oxygen atoms in total. The Morgan fingerprint density at radius 2 is 1.25 bits per heavy atom. The normalized spacial score (nSPS) is 18.6. The summed E-state index contributed by atoms with van der Waals surface area (Å²) in [7, 11) is 0. The van der Waals surface area contributed by atoms with Gasteiger partial charge in [0.05, 0.1) is 6.04 Å². The monoisotopic (exact) mass is 437 g/mol. The smallest absolute Gasteiger partial charge is 0.224 e. The summed E-state index contributed by atoms with van der Waals surface area (Å²) in [5.41, 5.74) is 2.04. The fraction of sp³-hybridized carbons (Fsp3) is 0.231. The summed E-state index contributed by atoms with van der Waals surface area (Å²) in [5.74, 6) is -2.23. The van der Waals surface area contributed by atoms with Crippen LogP contribution in [0.15, 0.2) is 72.8 Å². The van der Waals surface area contributed by atoms with E-state index in [0.29, 0.717) is 24.0 Å². The van der Waals surface area contributed by atoms with Crippen LogP contribution in [0.25, 0.3) is 0 Å². The maximum Gasteiger partial charge on any atom is 0.224 e. The number of rotatable bonds is 5. The van der Waals surface area contributed by atoms with Gasteiger partial charge in [-0.15, -0.1) is 0 Å². The van der Waals surface area contributed by atoms with Crippen LogP contribution in [0.2, 0.25) is 0 Å². The van der Waals surface area contributed by atoms with Gasteiger partial charge in [-0.2, -0.15) is 0 Å². The lowest BCUT2D eigenvalue weighted by Gasteiger charge is -2.32. The summed E-state index contributed by atoms with van der Waals surface area (Å²) < 4.78 is 40.3. The lowest BCUT2D eigenvalue weighted by atomic mass is 9.74. The second-order valence-electron chi connectivity index (χ2n) is 8.09. The molecule has 0 aliphatic heterocycles. The molecule has 0 saturated heterocycles. The van der Waals surface area contributed by atoms with E-state index in [1.54, 1.807) is 36.4 Å². The van der Waals surface area contributed by atoms with E-state index in [0.717, 1.165) is 5.56 Å². The Labute approximate surface area is 184 Å². The van der Waals surface area contributed by atoms with Gasteiger partial charge in [0.15, 0.2) is 0 Å². The molecule has 0 heterocycles. The lowest BCUT2D eigenvalue weighted by Crippen LogP contribution is -2.39. The number of halogens is 3. The van der Waals surface area contributed by atoms with Crippen molar-refractivity contribution in [3.05, 3.63) is 107 Å². The largest absolute Gasteiger partial charge is 0.345 e. The highest BCUT2D eigenvalue weighted by molar-refractivity contribution is 5.86. The standard InChI is InChI=1S/C26H22F3NO2/c27-19-7-1-16(2-8-19)24-15-22(31)13-14-23(24)26(32)30-25(17-3-9-20(28)10-4-17)18-5-11-21(29)12-6-18/h1-12,23-25H,13-15H2,(H,30,32). The molecule has 1 amide bonds. The van der Waals surface area contributed by atoms with E-state index in [1.165, 1.54) is 36.4 Å². The van der Waals surface area contributed by atoms with Crippen LogP contribution in [0.3, 0.4) is 0 Å². The zero-order valence-corrected chi connectivity index (χ0v) is 17.2. The summed E-state index contributed by atoms with van der Waals surface area (Å²) in [6.45, 7) is 0. The Bertz CT molecular complexity index is 1050. The highest BCUT2D eigenvalue weighted by Crippen LogP contribution is 2.37. The van der Waals surface area contributed by atoms with Gasteiger partial charge in [0.25, 0.3) is 0 Å². The first-order chi connectivity index (χ1) is 15.4. The van der Waals surface area contributed by atoms with Gasteiger partial charge in [-0.3, -0.25) is 9.59 Å². The van der Waals surface area contributed by atoms with Gasteiger partial charge in [0.2, 0.25) is 5.91 Å². The molecule has 1 aliphatic rings. The second kappa shape index (κ2) is 9.39. The molecule has 3 aromatic rings. The molecular formula is C26H22F3NO2. The third kappa shape index (κ3) is 4.90. The maximum atomic E-state index is 13.5. The van der Waals surface area contributed by atoms with Crippen molar-refractivity contribution in [3.8, 4) is 0 Å². The van der Waals surface area contributed by atoms with E-state index >= 15 is 0 Å². The lowest BCUT2D eigenvalue weighted by molar-refractivity contribution is -0.129. The van der Waals surface area contributed by atoms with Crippen molar-refractivity contribution < 1.29 is 22.8 Å². The van der Waals surface area contributed by atoms with E-state index in [9.17, 15) is 22.8 Å². The Kier molecular flexibility index (Phi) is 6.40. The molecule has 3 aromatic carbocycles. The van der Waals surface area contributed by atoms with Crippen LogP contribution in [0, 0.1) is 23.4 Å². The molecule has 1 fully saturated rings. The number of nitrogens with one attached hydrogen (secondary N) is 1. The quantitative estimate of drug-likeness (QED) is 0.576. The first kappa shape index (κ1) is 21.8. The number of amides is 1. The van der Waals surface area contributed by atoms with Crippen molar-refractivity contribution in [1.29, 1.82) is 0 Å². The summed E-state index contributed by atoms with van der Waals surface area (Å²) in [6, 6.07) is 16.8. The van der Waals surface area contributed by atoms with Crippen molar-refractivity contribution in [1.82, 2.24) is 5.32 Å². The van der Waals surface area contributed by atoms with Crippen LogP contribution in [-0.2, 0) is 9.59 Å². The highest BCUT2D eigenvalue weighted by atomic mass is 19.1. The molecule has 0 aromatic heterocycles. The molecule has 32 heavy (non-hydrogen) atoms. The number of hydrogen-bond acceptors (Lipinski definition) is 2. The Morgan fingerprint density at radius 1 is 0.781 bits per heavy atom. The molecule has 0 spiro atoms. The maximum absolute atomic E-state index is 13.5. The molecule has 0 radical (unpaired) electrons. The van der Waals surface area contributed by atoms with Gasteiger partial charge in [0, 0.05) is 24.7 Å². The zero-order chi connectivity index (χ0) is 22.7. The molecule has 4 rings (SSSR count). The van der Waals surface area contributed by atoms with E-state index in [1.807, 2.05) is 0 Å². The average molecular weight is 437 g/mol. The van der Waals surface area contributed by atoms with Crippen molar-refractivity contribution in [2.45, 2.75) is 31.2 Å². The van der Waals surface area contributed by atoms with Gasteiger partial charge in [0.1, 0.15) is 23.2 Å². The predicted octanol–water partition coefficient (Wildman–Crippen LogP) is 5.46.